The molecule has 1 unspecified atom stereocenters. The van der Waals surface area contributed by atoms with Gasteiger partial charge in [0.1, 0.15) is 6.10 Å². The molecule has 0 amide bonds. The second-order valence-electron chi connectivity index (χ2n) is 3.21. The summed E-state index contributed by atoms with van der Waals surface area (Å²) in [6.45, 7) is 3.51. The van der Waals surface area contributed by atoms with Crippen LogP contribution in [-0.2, 0) is 0 Å². The van der Waals surface area contributed by atoms with Crippen LogP contribution in [0.15, 0.2) is 24.3 Å². The monoisotopic (exact) mass is 196 g/mol. The third-order valence-corrected chi connectivity index (χ3v) is 2.06. The lowest BCUT2D eigenvalue weighted by Crippen LogP contribution is -2.25. The van der Waals surface area contributed by atoms with E-state index in [1.54, 1.807) is 14.0 Å². The topological polar surface area (TPSA) is 38.7 Å². The van der Waals surface area contributed by atoms with Crippen LogP contribution in [0.2, 0.25) is 0 Å². The van der Waals surface area contributed by atoms with E-state index >= 15 is 0 Å². The van der Waals surface area contributed by atoms with Crippen molar-refractivity contribution in [3.8, 4) is 11.5 Å². The first-order valence-electron chi connectivity index (χ1n) is 4.63. The third-order valence-electron chi connectivity index (χ3n) is 2.06. The van der Waals surface area contributed by atoms with Crippen LogP contribution >= 0.6 is 0 Å². The van der Waals surface area contributed by atoms with E-state index in [-0.39, 0.29) is 6.10 Å². The Morgan fingerprint density at radius 3 is 2.21 bits per heavy atom. The van der Waals surface area contributed by atoms with Crippen LogP contribution in [0.3, 0.4) is 0 Å². The summed E-state index contributed by atoms with van der Waals surface area (Å²) in [4.78, 5) is 0. The Labute approximate surface area is 84.3 Å². The van der Waals surface area contributed by atoms with Gasteiger partial charge in [-0.15, -0.1) is 0 Å². The van der Waals surface area contributed by atoms with E-state index in [1.807, 2.05) is 31.2 Å². The second-order valence-corrected chi connectivity index (χ2v) is 3.21. The average Bonchev–Trinajstić information content (AvgIpc) is 2.18. The maximum Gasteiger partial charge on any atom is 0.161 e. The predicted molar refractivity (Wildman–Crippen MR) is 54.8 cm³/mol. The fourth-order valence-corrected chi connectivity index (χ4v) is 1.01. The lowest BCUT2D eigenvalue weighted by molar-refractivity contribution is 0.0586. The Morgan fingerprint density at radius 2 is 1.71 bits per heavy atom. The summed E-state index contributed by atoms with van der Waals surface area (Å²) in [6.07, 6.45) is -0.744. The fraction of sp³-hybridized carbons (Fsp3) is 0.455. The van der Waals surface area contributed by atoms with Crippen LogP contribution in [-0.4, -0.2) is 24.4 Å². The van der Waals surface area contributed by atoms with E-state index in [0.29, 0.717) is 11.5 Å². The number of hydrogen-bond acceptors (Lipinski definition) is 3. The van der Waals surface area contributed by atoms with Gasteiger partial charge in [0.15, 0.2) is 11.5 Å². The Morgan fingerprint density at radius 1 is 1.14 bits per heavy atom. The molecule has 0 fully saturated rings. The van der Waals surface area contributed by atoms with Gasteiger partial charge in [0.05, 0.1) is 13.2 Å². The number of hydrogen-bond donors (Lipinski definition) is 1. The van der Waals surface area contributed by atoms with Crippen molar-refractivity contribution in [1.82, 2.24) is 0 Å². The minimum atomic E-state index is -0.500. The molecule has 0 spiro atoms. The molecule has 0 aliphatic heterocycles. The molecule has 0 saturated heterocycles. The van der Waals surface area contributed by atoms with Crippen LogP contribution in [0.5, 0.6) is 11.5 Å². The molecule has 0 saturated carbocycles. The van der Waals surface area contributed by atoms with E-state index in [2.05, 4.69) is 0 Å². The van der Waals surface area contributed by atoms with E-state index in [1.165, 1.54) is 0 Å². The van der Waals surface area contributed by atoms with Crippen molar-refractivity contribution < 1.29 is 14.6 Å². The van der Waals surface area contributed by atoms with Crippen molar-refractivity contribution in [3.63, 3.8) is 0 Å². The van der Waals surface area contributed by atoms with Crippen molar-refractivity contribution in [3.05, 3.63) is 24.3 Å². The highest BCUT2D eigenvalue weighted by Gasteiger charge is 2.12. The third kappa shape index (κ3) is 2.64. The zero-order valence-electron chi connectivity index (χ0n) is 8.73. The van der Waals surface area contributed by atoms with Gasteiger partial charge in [-0.05, 0) is 26.0 Å². The largest absolute Gasteiger partial charge is 0.493 e. The van der Waals surface area contributed by atoms with Crippen molar-refractivity contribution in [2.75, 3.05) is 7.11 Å². The summed E-state index contributed by atoms with van der Waals surface area (Å²) in [6, 6.07) is 7.38. The van der Waals surface area contributed by atoms with Crippen molar-refractivity contribution in [2.24, 2.45) is 0 Å². The highest BCUT2D eigenvalue weighted by molar-refractivity contribution is 5.39. The van der Waals surface area contributed by atoms with Gasteiger partial charge in [0.2, 0.25) is 0 Å². The molecule has 0 radical (unpaired) electrons. The average molecular weight is 196 g/mol. The molecule has 1 rings (SSSR count). The SMILES string of the molecule is COc1ccccc1OC(C)[C@@H](C)O. The number of ether oxygens (including phenoxy) is 2. The summed E-state index contributed by atoms with van der Waals surface area (Å²) < 4.78 is 10.6. The zero-order chi connectivity index (χ0) is 10.6. The van der Waals surface area contributed by atoms with Crippen LogP contribution in [0, 0.1) is 0 Å². The molecule has 2 atom stereocenters. The summed E-state index contributed by atoms with van der Waals surface area (Å²) in [5.41, 5.74) is 0. The molecule has 3 nitrogen and oxygen atoms in total. The first-order valence-corrected chi connectivity index (χ1v) is 4.63. The first kappa shape index (κ1) is 10.9. The first-order chi connectivity index (χ1) is 6.65. The maximum atomic E-state index is 9.28. The maximum absolute atomic E-state index is 9.28. The number of methoxy groups -OCH3 is 1. The van der Waals surface area contributed by atoms with Gasteiger partial charge < -0.3 is 14.6 Å². The van der Waals surface area contributed by atoms with Gasteiger partial charge in [0, 0.05) is 0 Å². The normalized spacial score (nSPS) is 14.6. The lowest BCUT2D eigenvalue weighted by atomic mass is 10.2. The Bertz CT molecular complexity index is 284. The molecule has 0 aliphatic rings. The quantitative estimate of drug-likeness (QED) is 0.798. The molecule has 14 heavy (non-hydrogen) atoms. The van der Waals surface area contributed by atoms with E-state index in [9.17, 15) is 5.11 Å². The molecule has 0 aliphatic carbocycles. The summed E-state index contributed by atoms with van der Waals surface area (Å²) in [7, 11) is 1.59. The molecule has 1 aromatic carbocycles. The fourth-order valence-electron chi connectivity index (χ4n) is 1.01. The molecule has 0 aromatic heterocycles. The standard InChI is InChI=1S/C11H16O3/c1-8(12)9(2)14-11-7-5-4-6-10(11)13-3/h4-9,12H,1-3H3/t8-,9?/m1/s1. The van der Waals surface area contributed by atoms with E-state index < -0.39 is 6.10 Å². The lowest BCUT2D eigenvalue weighted by Gasteiger charge is -2.18. The van der Waals surface area contributed by atoms with Gasteiger partial charge in [-0.2, -0.15) is 0 Å². The van der Waals surface area contributed by atoms with E-state index in [0.717, 1.165) is 0 Å². The molecular weight excluding hydrogens is 180 g/mol. The molecule has 0 heterocycles. The van der Waals surface area contributed by atoms with Gasteiger partial charge in [-0.3, -0.25) is 0 Å². The summed E-state index contributed by atoms with van der Waals surface area (Å²) in [5, 5.41) is 9.28. The Hall–Kier alpha value is -1.22. The Kier molecular flexibility index (Phi) is 3.77. The molecule has 0 bridgehead atoms. The second kappa shape index (κ2) is 4.86. The number of rotatable bonds is 4. The van der Waals surface area contributed by atoms with Crippen LogP contribution in [0.25, 0.3) is 0 Å². The minimum Gasteiger partial charge on any atom is -0.493 e. The number of para-hydroxylation sites is 2. The molecule has 3 heteroatoms. The Balaban J connectivity index is 2.75. The molecular formula is C11H16O3. The number of benzene rings is 1. The van der Waals surface area contributed by atoms with Gasteiger partial charge in [0.25, 0.3) is 0 Å². The number of aliphatic hydroxyl groups excluding tert-OH is 1. The molecule has 78 valence electrons. The molecule has 1 N–H and O–H groups in total. The van der Waals surface area contributed by atoms with Crippen molar-refractivity contribution >= 4 is 0 Å². The van der Waals surface area contributed by atoms with Gasteiger partial charge in [-0.1, -0.05) is 12.1 Å². The zero-order valence-corrected chi connectivity index (χ0v) is 8.73. The van der Waals surface area contributed by atoms with Crippen molar-refractivity contribution in [2.45, 2.75) is 26.1 Å². The minimum absolute atomic E-state index is 0.244. The van der Waals surface area contributed by atoms with Gasteiger partial charge in [-0.25, -0.2) is 0 Å². The van der Waals surface area contributed by atoms with Crippen molar-refractivity contribution in [1.29, 1.82) is 0 Å². The van der Waals surface area contributed by atoms with Crippen LogP contribution in [0.4, 0.5) is 0 Å². The smallest absolute Gasteiger partial charge is 0.161 e. The highest BCUT2D eigenvalue weighted by atomic mass is 16.5. The summed E-state index contributed by atoms with van der Waals surface area (Å²) >= 11 is 0. The number of aliphatic hydroxyl groups is 1. The van der Waals surface area contributed by atoms with Crippen LogP contribution in [0.1, 0.15) is 13.8 Å². The van der Waals surface area contributed by atoms with E-state index in [4.69, 9.17) is 9.47 Å². The predicted octanol–water partition coefficient (Wildman–Crippen LogP) is 1.84. The summed E-state index contributed by atoms with van der Waals surface area (Å²) in [5.74, 6) is 1.34. The van der Waals surface area contributed by atoms with Gasteiger partial charge >= 0.3 is 0 Å². The highest BCUT2D eigenvalue weighted by Crippen LogP contribution is 2.27. The molecule has 1 aromatic rings. The van der Waals surface area contributed by atoms with Crippen LogP contribution < -0.4 is 9.47 Å².